The summed E-state index contributed by atoms with van der Waals surface area (Å²) in [5.74, 6) is -2.66. The summed E-state index contributed by atoms with van der Waals surface area (Å²) in [5, 5.41) is 5.94. The Balaban J connectivity index is 1.76. The molecule has 1 aromatic carbocycles. The SMILES string of the molecule is O=C(CCC(=O)c1ccc(F)c(F)c1)NCC1=CCNCC1. The van der Waals surface area contributed by atoms with Gasteiger partial charge in [-0.3, -0.25) is 9.59 Å². The lowest BCUT2D eigenvalue weighted by Gasteiger charge is -2.14. The third kappa shape index (κ3) is 4.73. The van der Waals surface area contributed by atoms with Crippen LogP contribution in [-0.2, 0) is 4.79 Å². The first kappa shape index (κ1) is 16.3. The van der Waals surface area contributed by atoms with Gasteiger partial charge >= 0.3 is 0 Å². The third-order valence-corrected chi connectivity index (χ3v) is 3.49. The van der Waals surface area contributed by atoms with Gasteiger partial charge in [-0.15, -0.1) is 0 Å². The minimum absolute atomic E-state index is 0.0302. The number of halogens is 2. The molecule has 0 aromatic heterocycles. The minimum atomic E-state index is -1.06. The first-order chi connectivity index (χ1) is 10.6. The number of rotatable bonds is 6. The summed E-state index contributed by atoms with van der Waals surface area (Å²) < 4.78 is 25.8. The number of ketones is 1. The van der Waals surface area contributed by atoms with Crippen LogP contribution in [0.25, 0.3) is 0 Å². The molecule has 2 rings (SSSR count). The molecule has 1 heterocycles. The summed E-state index contributed by atoms with van der Waals surface area (Å²) in [6.45, 7) is 2.19. The molecule has 1 aliphatic heterocycles. The monoisotopic (exact) mass is 308 g/mol. The number of carbonyl (C=O) groups is 2. The van der Waals surface area contributed by atoms with Crippen molar-refractivity contribution in [1.82, 2.24) is 10.6 Å². The van der Waals surface area contributed by atoms with Crippen molar-refractivity contribution >= 4 is 11.7 Å². The van der Waals surface area contributed by atoms with E-state index < -0.39 is 11.6 Å². The normalized spacial score (nSPS) is 14.4. The molecule has 0 saturated heterocycles. The van der Waals surface area contributed by atoms with Crippen molar-refractivity contribution < 1.29 is 18.4 Å². The standard InChI is InChI=1S/C16H18F2N2O2/c17-13-2-1-12(9-14(13)18)15(21)3-4-16(22)20-10-11-5-7-19-8-6-11/h1-2,5,9,19H,3-4,6-8,10H2,(H,20,22). The maximum Gasteiger partial charge on any atom is 0.220 e. The Morgan fingerprint density at radius 2 is 2.00 bits per heavy atom. The Morgan fingerprint density at radius 3 is 2.68 bits per heavy atom. The molecule has 118 valence electrons. The molecule has 0 bridgehead atoms. The van der Waals surface area contributed by atoms with Crippen LogP contribution in [0.1, 0.15) is 29.6 Å². The molecule has 0 fully saturated rings. The molecule has 0 aliphatic carbocycles. The predicted octanol–water partition coefficient (Wildman–Crippen LogP) is 1.96. The van der Waals surface area contributed by atoms with Crippen LogP contribution in [0, 0.1) is 11.6 Å². The second-order valence-corrected chi connectivity index (χ2v) is 5.15. The lowest BCUT2D eigenvalue weighted by Crippen LogP contribution is -2.29. The van der Waals surface area contributed by atoms with Crippen LogP contribution in [0.4, 0.5) is 8.78 Å². The second kappa shape index (κ2) is 7.79. The molecular formula is C16H18F2N2O2. The van der Waals surface area contributed by atoms with Gasteiger partial charge in [0.15, 0.2) is 17.4 Å². The van der Waals surface area contributed by atoms with Crippen LogP contribution >= 0.6 is 0 Å². The zero-order valence-corrected chi connectivity index (χ0v) is 12.1. The zero-order chi connectivity index (χ0) is 15.9. The Bertz CT molecular complexity index is 600. The summed E-state index contributed by atoms with van der Waals surface area (Å²) >= 11 is 0. The maximum atomic E-state index is 13.0. The van der Waals surface area contributed by atoms with E-state index in [1.807, 2.05) is 6.08 Å². The van der Waals surface area contributed by atoms with E-state index in [0.717, 1.165) is 31.6 Å². The molecular weight excluding hydrogens is 290 g/mol. The first-order valence-corrected chi connectivity index (χ1v) is 7.20. The largest absolute Gasteiger partial charge is 0.352 e. The highest BCUT2D eigenvalue weighted by atomic mass is 19.2. The fourth-order valence-electron chi connectivity index (χ4n) is 2.17. The van der Waals surface area contributed by atoms with Crippen molar-refractivity contribution in [3.8, 4) is 0 Å². The van der Waals surface area contributed by atoms with E-state index in [-0.39, 0.29) is 30.1 Å². The summed E-state index contributed by atoms with van der Waals surface area (Å²) in [6, 6.07) is 2.99. The van der Waals surface area contributed by atoms with E-state index in [1.54, 1.807) is 0 Å². The van der Waals surface area contributed by atoms with Gasteiger partial charge in [0.2, 0.25) is 5.91 Å². The summed E-state index contributed by atoms with van der Waals surface area (Å²) in [5.41, 5.74) is 1.24. The number of carbonyl (C=O) groups excluding carboxylic acids is 2. The average molecular weight is 308 g/mol. The number of nitrogens with one attached hydrogen (secondary N) is 2. The van der Waals surface area contributed by atoms with E-state index in [0.29, 0.717) is 6.54 Å². The van der Waals surface area contributed by atoms with Gasteiger partial charge in [-0.2, -0.15) is 0 Å². The van der Waals surface area contributed by atoms with Crippen LogP contribution in [-0.4, -0.2) is 31.3 Å². The molecule has 6 heteroatoms. The van der Waals surface area contributed by atoms with Gasteiger partial charge in [0, 0.05) is 31.5 Å². The summed E-state index contributed by atoms with van der Waals surface area (Å²) in [7, 11) is 0. The average Bonchev–Trinajstić information content (AvgIpc) is 2.54. The van der Waals surface area contributed by atoms with Crippen LogP contribution in [0.2, 0.25) is 0 Å². The molecule has 1 aromatic rings. The van der Waals surface area contributed by atoms with Crippen molar-refractivity contribution in [3.05, 3.63) is 47.0 Å². The Morgan fingerprint density at radius 1 is 1.18 bits per heavy atom. The molecule has 0 spiro atoms. The van der Waals surface area contributed by atoms with Gasteiger partial charge < -0.3 is 10.6 Å². The number of Topliss-reactive ketones (excluding diaryl/α,β-unsaturated/α-hetero) is 1. The molecule has 1 amide bonds. The van der Waals surface area contributed by atoms with Gasteiger partial charge in [-0.25, -0.2) is 8.78 Å². The van der Waals surface area contributed by atoms with E-state index in [1.165, 1.54) is 11.6 Å². The molecule has 2 N–H and O–H groups in total. The van der Waals surface area contributed by atoms with E-state index >= 15 is 0 Å². The van der Waals surface area contributed by atoms with Crippen LogP contribution in [0.3, 0.4) is 0 Å². The van der Waals surface area contributed by atoms with E-state index in [9.17, 15) is 18.4 Å². The fourth-order valence-corrected chi connectivity index (χ4v) is 2.17. The molecule has 0 saturated carbocycles. The van der Waals surface area contributed by atoms with Gasteiger partial charge in [0.1, 0.15) is 0 Å². The Hall–Kier alpha value is -2.08. The molecule has 0 unspecified atom stereocenters. The highest BCUT2D eigenvalue weighted by Gasteiger charge is 2.12. The predicted molar refractivity (Wildman–Crippen MR) is 78.5 cm³/mol. The lowest BCUT2D eigenvalue weighted by atomic mass is 10.1. The topological polar surface area (TPSA) is 58.2 Å². The van der Waals surface area contributed by atoms with E-state index in [4.69, 9.17) is 0 Å². The van der Waals surface area contributed by atoms with Gasteiger partial charge in [-0.1, -0.05) is 11.6 Å². The molecule has 0 atom stereocenters. The van der Waals surface area contributed by atoms with E-state index in [2.05, 4.69) is 10.6 Å². The van der Waals surface area contributed by atoms with Gasteiger partial charge in [0.05, 0.1) is 0 Å². The molecule has 22 heavy (non-hydrogen) atoms. The summed E-state index contributed by atoms with van der Waals surface area (Å²) in [4.78, 5) is 23.5. The maximum absolute atomic E-state index is 13.0. The third-order valence-electron chi connectivity index (χ3n) is 3.49. The van der Waals surface area contributed by atoms with Crippen molar-refractivity contribution in [2.45, 2.75) is 19.3 Å². The molecule has 4 nitrogen and oxygen atoms in total. The van der Waals surface area contributed by atoms with Crippen molar-refractivity contribution in [2.75, 3.05) is 19.6 Å². The second-order valence-electron chi connectivity index (χ2n) is 5.15. The lowest BCUT2D eigenvalue weighted by molar-refractivity contribution is -0.120. The number of amides is 1. The number of hydrogen-bond donors (Lipinski definition) is 2. The number of hydrogen-bond acceptors (Lipinski definition) is 3. The minimum Gasteiger partial charge on any atom is -0.352 e. The van der Waals surface area contributed by atoms with Crippen LogP contribution in [0.15, 0.2) is 29.8 Å². The highest BCUT2D eigenvalue weighted by molar-refractivity contribution is 5.97. The molecule has 1 aliphatic rings. The Labute approximate surface area is 127 Å². The van der Waals surface area contributed by atoms with Gasteiger partial charge in [-0.05, 0) is 31.2 Å². The van der Waals surface area contributed by atoms with Gasteiger partial charge in [0.25, 0.3) is 0 Å². The van der Waals surface area contributed by atoms with Crippen molar-refractivity contribution in [2.24, 2.45) is 0 Å². The summed E-state index contributed by atoms with van der Waals surface area (Å²) in [6.07, 6.45) is 2.94. The van der Waals surface area contributed by atoms with Crippen LogP contribution in [0.5, 0.6) is 0 Å². The quantitative estimate of drug-likeness (QED) is 0.624. The fraction of sp³-hybridized carbons (Fsp3) is 0.375. The smallest absolute Gasteiger partial charge is 0.220 e. The first-order valence-electron chi connectivity index (χ1n) is 7.20. The molecule has 0 radical (unpaired) electrons. The van der Waals surface area contributed by atoms with Crippen molar-refractivity contribution in [3.63, 3.8) is 0 Å². The number of benzene rings is 1. The van der Waals surface area contributed by atoms with Crippen molar-refractivity contribution in [1.29, 1.82) is 0 Å². The zero-order valence-electron chi connectivity index (χ0n) is 12.1. The highest BCUT2D eigenvalue weighted by Crippen LogP contribution is 2.11. The Kier molecular flexibility index (Phi) is 5.77. The van der Waals surface area contributed by atoms with Crippen LogP contribution < -0.4 is 10.6 Å².